The van der Waals surface area contributed by atoms with Gasteiger partial charge in [0, 0.05) is 29.4 Å². The standard InChI is InChI=1S/C10H10F2N2OS2/c1-17(15)5-4-14-9-7(13-10(14)16)3-2-6(11)8(9)12/h2-3H,4-5H2,1H3,(H,13,16). The van der Waals surface area contributed by atoms with Crippen molar-refractivity contribution in [2.24, 2.45) is 0 Å². The summed E-state index contributed by atoms with van der Waals surface area (Å²) in [5.74, 6) is -1.51. The van der Waals surface area contributed by atoms with Crippen LogP contribution < -0.4 is 0 Å². The Morgan fingerprint density at radius 3 is 2.82 bits per heavy atom. The van der Waals surface area contributed by atoms with Crippen LogP contribution in [0.2, 0.25) is 0 Å². The first-order chi connectivity index (χ1) is 8.00. The molecule has 0 aliphatic heterocycles. The predicted octanol–water partition coefficient (Wildman–Crippen LogP) is 2.36. The maximum absolute atomic E-state index is 13.7. The van der Waals surface area contributed by atoms with Crippen LogP contribution >= 0.6 is 12.2 Å². The predicted molar refractivity (Wildman–Crippen MR) is 66.0 cm³/mol. The van der Waals surface area contributed by atoms with E-state index in [2.05, 4.69) is 4.98 Å². The van der Waals surface area contributed by atoms with Crippen molar-refractivity contribution in [2.45, 2.75) is 6.54 Å². The molecule has 7 heteroatoms. The van der Waals surface area contributed by atoms with E-state index in [0.29, 0.717) is 22.6 Å². The molecule has 92 valence electrons. The zero-order chi connectivity index (χ0) is 12.6. The lowest BCUT2D eigenvalue weighted by Crippen LogP contribution is -2.07. The molecule has 1 N–H and O–H groups in total. The van der Waals surface area contributed by atoms with Crippen molar-refractivity contribution in [1.82, 2.24) is 9.55 Å². The van der Waals surface area contributed by atoms with Crippen LogP contribution in [0.5, 0.6) is 0 Å². The number of aromatic nitrogens is 2. The van der Waals surface area contributed by atoms with E-state index in [-0.39, 0.29) is 5.52 Å². The fraction of sp³-hybridized carbons (Fsp3) is 0.300. The lowest BCUT2D eigenvalue weighted by Gasteiger charge is -2.03. The molecule has 1 heterocycles. The van der Waals surface area contributed by atoms with Crippen LogP contribution in [0.15, 0.2) is 12.1 Å². The van der Waals surface area contributed by atoms with E-state index < -0.39 is 22.4 Å². The second kappa shape index (κ2) is 4.66. The molecule has 0 spiro atoms. The molecular formula is C10H10F2N2OS2. The third-order valence-electron chi connectivity index (χ3n) is 2.43. The number of rotatable bonds is 3. The molecule has 2 rings (SSSR count). The van der Waals surface area contributed by atoms with Crippen LogP contribution in [-0.4, -0.2) is 25.8 Å². The Morgan fingerprint density at radius 2 is 2.18 bits per heavy atom. The van der Waals surface area contributed by atoms with Crippen LogP contribution in [0.1, 0.15) is 0 Å². The van der Waals surface area contributed by atoms with E-state index in [9.17, 15) is 13.0 Å². The first-order valence-corrected chi connectivity index (χ1v) is 7.01. The molecule has 0 aliphatic rings. The van der Waals surface area contributed by atoms with Crippen molar-refractivity contribution < 1.29 is 13.0 Å². The zero-order valence-electron chi connectivity index (χ0n) is 9.00. The van der Waals surface area contributed by atoms with Gasteiger partial charge in [0.25, 0.3) is 0 Å². The van der Waals surface area contributed by atoms with Gasteiger partial charge in [-0.25, -0.2) is 8.78 Å². The lowest BCUT2D eigenvalue weighted by molar-refractivity contribution is 0.511. The molecule has 0 radical (unpaired) electrons. The highest BCUT2D eigenvalue weighted by Gasteiger charge is 2.13. The number of hydrogen-bond donors (Lipinski definition) is 1. The molecule has 1 aromatic carbocycles. The van der Waals surface area contributed by atoms with Crippen LogP contribution in [0.3, 0.4) is 0 Å². The van der Waals surface area contributed by atoms with Crippen LogP contribution in [0.4, 0.5) is 8.78 Å². The molecule has 2 aromatic rings. The summed E-state index contributed by atoms with van der Waals surface area (Å²) < 4.78 is 39.6. The minimum absolute atomic E-state index is 0.0976. The van der Waals surface area contributed by atoms with Crippen molar-refractivity contribution in [1.29, 1.82) is 0 Å². The van der Waals surface area contributed by atoms with E-state index in [1.54, 1.807) is 6.26 Å². The van der Waals surface area contributed by atoms with Crippen molar-refractivity contribution in [2.75, 3.05) is 12.0 Å². The van der Waals surface area contributed by atoms with Crippen LogP contribution in [0.25, 0.3) is 11.0 Å². The van der Waals surface area contributed by atoms with E-state index in [1.807, 2.05) is 0 Å². The lowest BCUT2D eigenvalue weighted by atomic mass is 10.3. The molecule has 17 heavy (non-hydrogen) atoms. The van der Waals surface area contributed by atoms with Gasteiger partial charge in [-0.2, -0.15) is 0 Å². The Kier molecular flexibility index (Phi) is 3.39. The average molecular weight is 276 g/mol. The topological polar surface area (TPSA) is 37.8 Å². The Hall–Kier alpha value is -1.08. The Morgan fingerprint density at radius 1 is 1.47 bits per heavy atom. The minimum atomic E-state index is -1.01. The molecular weight excluding hydrogens is 266 g/mol. The average Bonchev–Trinajstić information content (AvgIpc) is 2.58. The molecule has 1 unspecified atom stereocenters. The molecule has 0 bridgehead atoms. The second-order valence-corrected chi connectivity index (χ2v) is 5.56. The molecule has 1 aromatic heterocycles. The molecule has 0 saturated heterocycles. The van der Waals surface area contributed by atoms with Crippen molar-refractivity contribution in [3.05, 3.63) is 28.5 Å². The fourth-order valence-electron chi connectivity index (χ4n) is 1.62. The van der Waals surface area contributed by atoms with Gasteiger partial charge in [0.1, 0.15) is 5.52 Å². The Balaban J connectivity index is 2.61. The normalized spacial score (nSPS) is 13.1. The third-order valence-corrected chi connectivity index (χ3v) is 3.51. The second-order valence-electron chi connectivity index (χ2n) is 3.62. The summed E-state index contributed by atoms with van der Waals surface area (Å²) in [6.07, 6.45) is 1.55. The van der Waals surface area contributed by atoms with E-state index in [4.69, 9.17) is 12.2 Å². The van der Waals surface area contributed by atoms with Crippen molar-refractivity contribution in [3.63, 3.8) is 0 Å². The maximum atomic E-state index is 13.7. The monoisotopic (exact) mass is 276 g/mol. The number of nitrogens with one attached hydrogen (secondary N) is 1. The third kappa shape index (κ3) is 2.30. The summed E-state index contributed by atoms with van der Waals surface area (Å²) in [6, 6.07) is 2.48. The largest absolute Gasteiger partial charge is 0.330 e. The van der Waals surface area contributed by atoms with Crippen LogP contribution in [-0.2, 0) is 17.3 Å². The summed E-state index contributed by atoms with van der Waals surface area (Å²) in [6.45, 7) is 0.294. The molecule has 0 amide bonds. The summed E-state index contributed by atoms with van der Waals surface area (Å²) in [5, 5.41) is 0. The van der Waals surface area contributed by atoms with E-state index >= 15 is 0 Å². The van der Waals surface area contributed by atoms with Gasteiger partial charge in [-0.05, 0) is 24.4 Å². The number of aromatic amines is 1. The molecule has 0 saturated carbocycles. The highest BCUT2D eigenvalue weighted by Crippen LogP contribution is 2.20. The van der Waals surface area contributed by atoms with Crippen LogP contribution in [0, 0.1) is 16.4 Å². The van der Waals surface area contributed by atoms with Gasteiger partial charge < -0.3 is 9.55 Å². The molecule has 3 nitrogen and oxygen atoms in total. The van der Waals surface area contributed by atoms with Gasteiger partial charge in [0.2, 0.25) is 0 Å². The number of hydrogen-bond acceptors (Lipinski definition) is 2. The SMILES string of the molecule is CS(=O)CCn1c(=S)[nH]c2ccc(F)c(F)c21. The quantitative estimate of drug-likeness (QED) is 0.874. The summed E-state index contributed by atoms with van der Waals surface area (Å²) >= 11 is 5.03. The number of imidazole rings is 1. The number of halogens is 2. The van der Waals surface area contributed by atoms with Crippen molar-refractivity contribution >= 4 is 34.1 Å². The van der Waals surface area contributed by atoms with Gasteiger partial charge in [-0.15, -0.1) is 0 Å². The number of aryl methyl sites for hydroxylation is 1. The van der Waals surface area contributed by atoms with Crippen molar-refractivity contribution in [3.8, 4) is 0 Å². The first kappa shape index (κ1) is 12.4. The minimum Gasteiger partial charge on any atom is -0.330 e. The summed E-state index contributed by atoms with van der Waals surface area (Å²) in [5.41, 5.74) is 0.538. The number of benzene rings is 1. The maximum Gasteiger partial charge on any atom is 0.184 e. The number of H-pyrrole nitrogens is 1. The fourth-order valence-corrected chi connectivity index (χ4v) is 2.35. The van der Waals surface area contributed by atoms with E-state index in [1.165, 1.54) is 10.6 Å². The van der Waals surface area contributed by atoms with Gasteiger partial charge in [-0.1, -0.05) is 0 Å². The number of fused-ring (bicyclic) bond motifs is 1. The van der Waals surface area contributed by atoms with Gasteiger partial charge in [0.05, 0.1) is 5.52 Å². The first-order valence-electron chi connectivity index (χ1n) is 4.87. The highest BCUT2D eigenvalue weighted by molar-refractivity contribution is 7.84. The molecule has 1 atom stereocenters. The zero-order valence-corrected chi connectivity index (χ0v) is 10.6. The summed E-state index contributed by atoms with van der Waals surface area (Å²) in [7, 11) is -1.01. The Bertz CT molecular complexity index is 648. The summed E-state index contributed by atoms with van der Waals surface area (Å²) in [4.78, 5) is 2.79. The number of nitrogens with zero attached hydrogens (tertiary/aromatic N) is 1. The van der Waals surface area contributed by atoms with E-state index in [0.717, 1.165) is 6.07 Å². The smallest absolute Gasteiger partial charge is 0.184 e. The van der Waals surface area contributed by atoms with Gasteiger partial charge in [-0.3, -0.25) is 4.21 Å². The highest BCUT2D eigenvalue weighted by atomic mass is 32.2. The van der Waals surface area contributed by atoms with Gasteiger partial charge in [0.15, 0.2) is 16.4 Å². The van der Waals surface area contributed by atoms with Gasteiger partial charge >= 0.3 is 0 Å². The molecule has 0 fully saturated rings. The molecule has 0 aliphatic carbocycles. The Labute approximate surface area is 104 Å².